The molecule has 3 rings (SSSR count). The number of carbonyl (C=O) groups is 3. The lowest BCUT2D eigenvalue weighted by Gasteiger charge is -2.31. The maximum Gasteiger partial charge on any atom is 0.335 e. The first kappa shape index (κ1) is 22.7. The Hall–Kier alpha value is -2.94. The standard InChI is InChI=1S/C21H16Cl2N2O5S/c1-24-18(26)14(19(27)25(2)21(24)31)7-12-8-15(22)17(16(23)9-12)30-10-11-3-5-13(6-4-11)20(28)29/h3-9H,10H2,1-2H3,(H,28,29). The van der Waals surface area contributed by atoms with Crippen molar-refractivity contribution in [1.29, 1.82) is 0 Å². The monoisotopic (exact) mass is 478 g/mol. The Kier molecular flexibility index (Phi) is 6.64. The van der Waals surface area contributed by atoms with Crippen molar-refractivity contribution in [3.63, 3.8) is 0 Å². The van der Waals surface area contributed by atoms with Gasteiger partial charge in [-0.1, -0.05) is 35.3 Å². The Bertz CT molecular complexity index is 1080. The van der Waals surface area contributed by atoms with Gasteiger partial charge in [-0.05, 0) is 53.7 Å². The maximum absolute atomic E-state index is 12.5. The minimum atomic E-state index is -1.02. The van der Waals surface area contributed by atoms with Crippen LogP contribution in [0.5, 0.6) is 5.75 Å². The number of ether oxygens (including phenoxy) is 1. The van der Waals surface area contributed by atoms with Crippen molar-refractivity contribution >= 4 is 64.4 Å². The van der Waals surface area contributed by atoms with Crippen LogP contribution in [0.25, 0.3) is 6.08 Å². The smallest absolute Gasteiger partial charge is 0.335 e. The molecule has 2 aromatic rings. The number of likely N-dealkylation sites (N-methyl/N-ethyl adjacent to an activating group) is 2. The zero-order valence-electron chi connectivity index (χ0n) is 16.4. The van der Waals surface area contributed by atoms with E-state index in [1.54, 1.807) is 12.1 Å². The number of halogens is 2. The number of carboxylic acids is 1. The highest BCUT2D eigenvalue weighted by Gasteiger charge is 2.35. The third kappa shape index (κ3) is 4.71. The van der Waals surface area contributed by atoms with Gasteiger partial charge in [-0.25, -0.2) is 4.79 Å². The fourth-order valence-electron chi connectivity index (χ4n) is 2.84. The summed E-state index contributed by atoms with van der Waals surface area (Å²) in [5.41, 5.74) is 1.27. The fourth-order valence-corrected chi connectivity index (χ4v) is 3.62. The van der Waals surface area contributed by atoms with E-state index in [2.05, 4.69) is 0 Å². The van der Waals surface area contributed by atoms with E-state index in [9.17, 15) is 14.4 Å². The zero-order valence-corrected chi connectivity index (χ0v) is 18.7. The average Bonchev–Trinajstić information content (AvgIpc) is 2.73. The summed E-state index contributed by atoms with van der Waals surface area (Å²) in [6.07, 6.45) is 1.39. The van der Waals surface area contributed by atoms with Crippen molar-refractivity contribution < 1.29 is 24.2 Å². The lowest BCUT2D eigenvalue weighted by Crippen LogP contribution is -2.52. The molecule has 2 amide bonds. The van der Waals surface area contributed by atoms with Crippen molar-refractivity contribution in [2.24, 2.45) is 0 Å². The molecule has 31 heavy (non-hydrogen) atoms. The van der Waals surface area contributed by atoms with Crippen LogP contribution in [0.15, 0.2) is 42.0 Å². The van der Waals surface area contributed by atoms with Gasteiger partial charge in [-0.15, -0.1) is 0 Å². The third-order valence-electron chi connectivity index (χ3n) is 4.56. The molecule has 7 nitrogen and oxygen atoms in total. The average molecular weight is 479 g/mol. The summed E-state index contributed by atoms with van der Waals surface area (Å²) < 4.78 is 5.69. The molecule has 1 saturated heterocycles. The Balaban J connectivity index is 1.82. The second-order valence-corrected chi connectivity index (χ2v) is 7.85. The Morgan fingerprint density at radius 2 is 1.58 bits per heavy atom. The second-order valence-electron chi connectivity index (χ2n) is 6.67. The second kappa shape index (κ2) is 9.05. The third-order valence-corrected chi connectivity index (χ3v) is 5.67. The first-order chi connectivity index (χ1) is 14.6. The van der Waals surface area contributed by atoms with Crippen LogP contribution < -0.4 is 4.74 Å². The number of thiocarbonyl (C=S) groups is 1. The van der Waals surface area contributed by atoms with E-state index in [-0.39, 0.29) is 38.7 Å². The van der Waals surface area contributed by atoms with Gasteiger partial charge in [-0.3, -0.25) is 19.4 Å². The molecular weight excluding hydrogens is 463 g/mol. The number of hydrogen-bond acceptors (Lipinski definition) is 5. The topological polar surface area (TPSA) is 87.1 Å². The van der Waals surface area contributed by atoms with E-state index in [1.165, 1.54) is 54.2 Å². The number of carbonyl (C=O) groups excluding carboxylic acids is 2. The molecule has 0 saturated carbocycles. The highest BCUT2D eigenvalue weighted by Crippen LogP contribution is 2.35. The van der Waals surface area contributed by atoms with Crippen molar-refractivity contribution in [3.8, 4) is 5.75 Å². The molecule has 0 radical (unpaired) electrons. The molecule has 0 aliphatic carbocycles. The van der Waals surface area contributed by atoms with Crippen LogP contribution in [0.2, 0.25) is 10.0 Å². The first-order valence-corrected chi connectivity index (χ1v) is 10.0. The van der Waals surface area contributed by atoms with Gasteiger partial charge in [0, 0.05) is 14.1 Å². The molecule has 0 aromatic heterocycles. The van der Waals surface area contributed by atoms with Gasteiger partial charge in [0.05, 0.1) is 15.6 Å². The zero-order chi connectivity index (χ0) is 22.9. The molecule has 1 heterocycles. The fraction of sp³-hybridized carbons (Fsp3) is 0.143. The maximum atomic E-state index is 12.5. The molecule has 0 atom stereocenters. The van der Waals surface area contributed by atoms with E-state index in [0.717, 1.165) is 5.56 Å². The van der Waals surface area contributed by atoms with Crippen LogP contribution in [-0.4, -0.2) is 51.9 Å². The summed E-state index contributed by atoms with van der Waals surface area (Å²) in [7, 11) is 2.97. The predicted molar refractivity (Wildman–Crippen MR) is 120 cm³/mol. The largest absolute Gasteiger partial charge is 0.486 e. The van der Waals surface area contributed by atoms with Crippen LogP contribution in [0.3, 0.4) is 0 Å². The molecule has 160 valence electrons. The molecule has 10 heteroatoms. The molecule has 2 aromatic carbocycles. The summed E-state index contributed by atoms with van der Waals surface area (Å²) in [5, 5.41) is 9.44. The number of hydrogen-bond donors (Lipinski definition) is 1. The van der Waals surface area contributed by atoms with Gasteiger partial charge in [0.15, 0.2) is 10.9 Å². The van der Waals surface area contributed by atoms with Gasteiger partial charge >= 0.3 is 5.97 Å². The van der Waals surface area contributed by atoms with Crippen molar-refractivity contribution in [3.05, 3.63) is 68.7 Å². The number of nitrogens with zero attached hydrogens (tertiary/aromatic N) is 2. The van der Waals surface area contributed by atoms with Crippen molar-refractivity contribution in [1.82, 2.24) is 9.80 Å². The van der Waals surface area contributed by atoms with Gasteiger partial charge in [0.25, 0.3) is 11.8 Å². The lowest BCUT2D eigenvalue weighted by molar-refractivity contribution is -0.132. The minimum Gasteiger partial charge on any atom is -0.486 e. The van der Waals surface area contributed by atoms with Crippen LogP contribution in [-0.2, 0) is 16.2 Å². The number of rotatable bonds is 5. The Morgan fingerprint density at radius 3 is 2.06 bits per heavy atom. The van der Waals surface area contributed by atoms with Crippen LogP contribution >= 0.6 is 35.4 Å². The van der Waals surface area contributed by atoms with Crippen LogP contribution in [0.4, 0.5) is 0 Å². The van der Waals surface area contributed by atoms with Crippen LogP contribution in [0.1, 0.15) is 21.5 Å². The Morgan fingerprint density at radius 1 is 1.06 bits per heavy atom. The summed E-state index contributed by atoms with van der Waals surface area (Å²) in [5.74, 6) is -1.84. The van der Waals surface area contributed by atoms with Gasteiger partial charge < -0.3 is 9.84 Å². The van der Waals surface area contributed by atoms with Gasteiger partial charge in [0.2, 0.25) is 0 Å². The molecule has 1 aliphatic heterocycles. The van der Waals surface area contributed by atoms with Crippen molar-refractivity contribution in [2.75, 3.05) is 14.1 Å². The highest BCUT2D eigenvalue weighted by molar-refractivity contribution is 7.80. The lowest BCUT2D eigenvalue weighted by atomic mass is 10.1. The number of amides is 2. The van der Waals surface area contributed by atoms with Crippen LogP contribution in [0, 0.1) is 0 Å². The molecule has 1 fully saturated rings. The molecule has 1 aliphatic rings. The van der Waals surface area contributed by atoms with E-state index < -0.39 is 17.8 Å². The molecule has 0 unspecified atom stereocenters. The summed E-state index contributed by atoms with van der Waals surface area (Å²) in [4.78, 5) is 38.2. The number of aromatic carboxylic acids is 1. The van der Waals surface area contributed by atoms with Crippen molar-refractivity contribution in [2.45, 2.75) is 6.61 Å². The highest BCUT2D eigenvalue weighted by atomic mass is 35.5. The normalized spacial score (nSPS) is 14.2. The summed E-state index contributed by atoms with van der Waals surface area (Å²) >= 11 is 17.7. The SMILES string of the molecule is CN1C(=O)C(=Cc2cc(Cl)c(OCc3ccc(C(=O)O)cc3)c(Cl)c2)C(=O)N(C)C1=S. The van der Waals surface area contributed by atoms with Gasteiger partial charge in [-0.2, -0.15) is 0 Å². The first-order valence-electron chi connectivity index (χ1n) is 8.86. The molecule has 0 spiro atoms. The van der Waals surface area contributed by atoms with E-state index in [1.807, 2.05) is 0 Å². The molecule has 0 bridgehead atoms. The number of benzene rings is 2. The minimum absolute atomic E-state index is 0.0714. The summed E-state index contributed by atoms with van der Waals surface area (Å²) in [6.45, 7) is 0.115. The van der Waals surface area contributed by atoms with E-state index >= 15 is 0 Å². The van der Waals surface area contributed by atoms with E-state index in [4.69, 9.17) is 45.3 Å². The number of carboxylic acid groups (broad SMARTS) is 1. The quantitative estimate of drug-likeness (QED) is 0.398. The summed E-state index contributed by atoms with van der Waals surface area (Å²) in [6, 6.07) is 9.24. The predicted octanol–water partition coefficient (Wildman–Crippen LogP) is 3.87. The molecular formula is C21H16Cl2N2O5S. The Labute approximate surface area is 193 Å². The molecule has 1 N–H and O–H groups in total. The van der Waals surface area contributed by atoms with Gasteiger partial charge in [0.1, 0.15) is 12.2 Å². The van der Waals surface area contributed by atoms with E-state index in [0.29, 0.717) is 5.56 Å².